The number of rotatable bonds is 1. The van der Waals surface area contributed by atoms with Crippen molar-refractivity contribution in [2.45, 2.75) is 0 Å². The van der Waals surface area contributed by atoms with Gasteiger partial charge in [-0.3, -0.25) is 10.1 Å². The molecule has 0 radical (unpaired) electrons. The number of nitro groups is 1. The zero-order chi connectivity index (χ0) is 10.1. The van der Waals surface area contributed by atoms with E-state index in [4.69, 9.17) is 0 Å². The number of fused-ring (bicyclic) bond motifs is 1. The highest BCUT2D eigenvalue weighted by Crippen LogP contribution is 2.22. The van der Waals surface area contributed by atoms with Crippen molar-refractivity contribution < 1.29 is 9.31 Å². The third-order valence-electron chi connectivity index (χ3n) is 1.77. The summed E-state index contributed by atoms with van der Waals surface area (Å²) < 4.78 is 13.1. The second-order valence-corrected chi connectivity index (χ2v) is 2.64. The van der Waals surface area contributed by atoms with Crippen LogP contribution < -0.4 is 0 Å². The Morgan fingerprint density at radius 1 is 1.43 bits per heavy atom. The maximum Gasteiger partial charge on any atom is 0.305 e. The number of benzene rings is 1. The summed E-state index contributed by atoms with van der Waals surface area (Å²) in [7, 11) is 0. The molecule has 0 amide bonds. The normalized spacial score (nSPS) is 10.4. The molecule has 0 saturated heterocycles. The highest BCUT2D eigenvalue weighted by Gasteiger charge is 2.14. The molecule has 6 heteroatoms. The Bertz CT molecular complexity index is 515. The molecule has 0 aliphatic rings. The summed E-state index contributed by atoms with van der Waals surface area (Å²) in [6.45, 7) is 0. The maximum atomic E-state index is 13.1. The summed E-state index contributed by atoms with van der Waals surface area (Å²) in [6, 6.07) is 2.14. The van der Waals surface area contributed by atoms with E-state index >= 15 is 0 Å². The minimum atomic E-state index is -0.888. The molecule has 1 aromatic heterocycles. The molecule has 1 heterocycles. The lowest BCUT2D eigenvalue weighted by molar-refractivity contribution is -0.387. The first kappa shape index (κ1) is 8.49. The Balaban J connectivity index is 2.77. The van der Waals surface area contributed by atoms with Crippen molar-refractivity contribution in [2.75, 3.05) is 0 Å². The quantitative estimate of drug-likeness (QED) is 0.510. The Morgan fingerprint density at radius 3 is 2.93 bits per heavy atom. The summed E-state index contributed by atoms with van der Waals surface area (Å²) in [6.07, 6.45) is 2.66. The Hall–Kier alpha value is -2.11. The Labute approximate surface area is 77.4 Å². The van der Waals surface area contributed by atoms with Crippen LogP contribution in [0.2, 0.25) is 0 Å². The van der Waals surface area contributed by atoms with Gasteiger partial charge in [0.1, 0.15) is 6.33 Å². The lowest BCUT2D eigenvalue weighted by Crippen LogP contribution is -1.93. The lowest BCUT2D eigenvalue weighted by Gasteiger charge is -1.96. The summed E-state index contributed by atoms with van der Waals surface area (Å²) >= 11 is 0. The van der Waals surface area contributed by atoms with Crippen LogP contribution >= 0.6 is 0 Å². The van der Waals surface area contributed by atoms with Crippen LogP contribution in [-0.2, 0) is 0 Å². The number of nitrogens with zero attached hydrogens (tertiary/aromatic N) is 3. The zero-order valence-electron chi connectivity index (χ0n) is 6.85. The van der Waals surface area contributed by atoms with Crippen LogP contribution in [0, 0.1) is 15.9 Å². The van der Waals surface area contributed by atoms with Gasteiger partial charge < -0.3 is 0 Å². The van der Waals surface area contributed by atoms with Crippen molar-refractivity contribution in [3.05, 3.63) is 40.6 Å². The Morgan fingerprint density at radius 2 is 2.21 bits per heavy atom. The molecule has 0 fully saturated rings. The van der Waals surface area contributed by atoms with E-state index in [0.29, 0.717) is 10.9 Å². The van der Waals surface area contributed by atoms with Gasteiger partial charge in [-0.25, -0.2) is 9.97 Å². The molecule has 0 N–H and O–H groups in total. The van der Waals surface area contributed by atoms with Crippen molar-refractivity contribution in [3.8, 4) is 0 Å². The van der Waals surface area contributed by atoms with Gasteiger partial charge in [-0.1, -0.05) is 0 Å². The molecule has 0 spiro atoms. The van der Waals surface area contributed by atoms with E-state index in [-0.39, 0.29) is 0 Å². The fraction of sp³-hybridized carbons (Fsp3) is 0. The van der Waals surface area contributed by atoms with Gasteiger partial charge in [0.2, 0.25) is 5.82 Å². The number of halogens is 1. The van der Waals surface area contributed by atoms with Crippen molar-refractivity contribution in [3.63, 3.8) is 0 Å². The first-order valence-electron chi connectivity index (χ1n) is 3.72. The van der Waals surface area contributed by atoms with Gasteiger partial charge >= 0.3 is 5.69 Å². The highest BCUT2D eigenvalue weighted by atomic mass is 19.1. The van der Waals surface area contributed by atoms with E-state index in [9.17, 15) is 14.5 Å². The van der Waals surface area contributed by atoms with Crippen molar-refractivity contribution in [1.82, 2.24) is 9.97 Å². The fourth-order valence-electron chi connectivity index (χ4n) is 1.13. The van der Waals surface area contributed by atoms with Gasteiger partial charge in [-0.2, -0.15) is 4.39 Å². The monoisotopic (exact) mass is 193 g/mol. The summed E-state index contributed by atoms with van der Waals surface area (Å²) in [5.74, 6) is -0.888. The Kier molecular flexibility index (Phi) is 1.81. The highest BCUT2D eigenvalue weighted by molar-refractivity contribution is 5.80. The van der Waals surface area contributed by atoms with E-state index < -0.39 is 16.4 Å². The molecule has 0 bridgehead atoms. The molecule has 0 atom stereocenters. The summed E-state index contributed by atoms with van der Waals surface area (Å²) in [5, 5.41) is 10.8. The van der Waals surface area contributed by atoms with E-state index in [2.05, 4.69) is 9.97 Å². The number of aromatic nitrogens is 2. The van der Waals surface area contributed by atoms with Crippen LogP contribution in [0.1, 0.15) is 0 Å². The minimum absolute atomic E-state index is 0.350. The molecule has 2 rings (SSSR count). The van der Waals surface area contributed by atoms with Gasteiger partial charge in [-0.15, -0.1) is 0 Å². The maximum absolute atomic E-state index is 13.1. The SMILES string of the molecule is O=[N+]([O-])c1cc2cncnc2cc1F. The van der Waals surface area contributed by atoms with Gasteiger partial charge in [0.25, 0.3) is 0 Å². The van der Waals surface area contributed by atoms with E-state index in [1.54, 1.807) is 0 Å². The van der Waals surface area contributed by atoms with Crippen molar-refractivity contribution in [1.29, 1.82) is 0 Å². The number of hydrogen-bond acceptors (Lipinski definition) is 4. The third kappa shape index (κ3) is 1.26. The minimum Gasteiger partial charge on any atom is -0.258 e. The average Bonchev–Trinajstić information content (AvgIpc) is 2.16. The second-order valence-electron chi connectivity index (χ2n) is 2.64. The predicted octanol–water partition coefficient (Wildman–Crippen LogP) is 1.68. The van der Waals surface area contributed by atoms with Crippen LogP contribution in [0.5, 0.6) is 0 Å². The largest absolute Gasteiger partial charge is 0.305 e. The smallest absolute Gasteiger partial charge is 0.258 e. The molecular weight excluding hydrogens is 189 g/mol. The third-order valence-corrected chi connectivity index (χ3v) is 1.77. The van der Waals surface area contributed by atoms with Crippen LogP contribution in [0.3, 0.4) is 0 Å². The topological polar surface area (TPSA) is 68.9 Å². The molecule has 0 unspecified atom stereocenters. The van der Waals surface area contributed by atoms with Crippen LogP contribution in [0.15, 0.2) is 24.7 Å². The van der Waals surface area contributed by atoms with E-state index in [0.717, 1.165) is 12.1 Å². The standard InChI is InChI=1S/C8H4FN3O2/c9-6-2-7-5(3-10-4-11-7)1-8(6)12(13)14/h1-4H. The average molecular weight is 193 g/mol. The van der Waals surface area contributed by atoms with E-state index in [1.165, 1.54) is 12.5 Å². The number of hydrogen-bond donors (Lipinski definition) is 0. The van der Waals surface area contributed by atoms with Crippen LogP contribution in [-0.4, -0.2) is 14.9 Å². The molecule has 0 aliphatic heterocycles. The summed E-state index contributed by atoms with van der Waals surface area (Å²) in [5.41, 5.74) is -0.213. The first-order valence-corrected chi connectivity index (χ1v) is 3.72. The van der Waals surface area contributed by atoms with Crippen LogP contribution in [0.4, 0.5) is 10.1 Å². The number of nitro benzene ring substituents is 1. The van der Waals surface area contributed by atoms with Gasteiger partial charge in [-0.05, 0) is 0 Å². The van der Waals surface area contributed by atoms with Gasteiger partial charge in [0.05, 0.1) is 10.4 Å². The molecule has 1 aromatic carbocycles. The van der Waals surface area contributed by atoms with E-state index in [1.807, 2.05) is 0 Å². The van der Waals surface area contributed by atoms with Crippen molar-refractivity contribution >= 4 is 16.6 Å². The second kappa shape index (κ2) is 2.99. The summed E-state index contributed by atoms with van der Waals surface area (Å²) in [4.78, 5) is 17.1. The molecule has 5 nitrogen and oxygen atoms in total. The molecule has 0 aliphatic carbocycles. The fourth-order valence-corrected chi connectivity index (χ4v) is 1.13. The molecule has 2 aromatic rings. The zero-order valence-corrected chi connectivity index (χ0v) is 6.85. The predicted molar refractivity (Wildman–Crippen MR) is 46.2 cm³/mol. The van der Waals surface area contributed by atoms with Gasteiger partial charge in [0, 0.05) is 23.7 Å². The molecule has 70 valence electrons. The first-order chi connectivity index (χ1) is 6.68. The molecule has 14 heavy (non-hydrogen) atoms. The lowest BCUT2D eigenvalue weighted by atomic mass is 10.2. The molecule has 0 saturated carbocycles. The molecular formula is C8H4FN3O2. The van der Waals surface area contributed by atoms with Crippen LogP contribution in [0.25, 0.3) is 10.9 Å². The van der Waals surface area contributed by atoms with Crippen molar-refractivity contribution in [2.24, 2.45) is 0 Å². The van der Waals surface area contributed by atoms with Gasteiger partial charge in [0.15, 0.2) is 0 Å².